The van der Waals surface area contributed by atoms with Gasteiger partial charge >= 0.3 is 6.18 Å². The van der Waals surface area contributed by atoms with E-state index in [0.29, 0.717) is 41.4 Å². The monoisotopic (exact) mass is 598 g/mol. The third-order valence-electron chi connectivity index (χ3n) is 8.37. The van der Waals surface area contributed by atoms with E-state index in [2.05, 4.69) is 10.3 Å². The molecular formula is C32H37F3N4O4. The van der Waals surface area contributed by atoms with E-state index in [0.717, 1.165) is 38.5 Å². The number of alkyl halides is 3. The number of benzene rings is 2. The summed E-state index contributed by atoms with van der Waals surface area (Å²) in [7, 11) is 1.57. The average Bonchev–Trinajstić information content (AvgIpc) is 3.07. The van der Waals surface area contributed by atoms with E-state index in [9.17, 15) is 27.6 Å². The summed E-state index contributed by atoms with van der Waals surface area (Å²) >= 11 is 0. The highest BCUT2D eigenvalue weighted by Gasteiger charge is 2.36. The summed E-state index contributed by atoms with van der Waals surface area (Å²) in [5.74, 6) is -2.37. The number of likely N-dealkylation sites (N-methyl/N-ethyl adjacent to an activating group) is 1. The van der Waals surface area contributed by atoms with Crippen molar-refractivity contribution in [2.24, 2.45) is 10.9 Å². The molecule has 11 heteroatoms. The van der Waals surface area contributed by atoms with Gasteiger partial charge in [-0.25, -0.2) is 4.99 Å². The van der Waals surface area contributed by atoms with Crippen LogP contribution in [0.2, 0.25) is 0 Å². The number of anilines is 1. The Morgan fingerprint density at radius 1 is 1.05 bits per heavy atom. The molecule has 8 nitrogen and oxygen atoms in total. The number of carbonyl (C=O) groups excluding carboxylic acids is 3. The molecule has 5 rings (SSSR count). The van der Waals surface area contributed by atoms with Gasteiger partial charge in [0.15, 0.2) is 0 Å². The van der Waals surface area contributed by atoms with Gasteiger partial charge in [0.1, 0.15) is 5.75 Å². The molecule has 2 fully saturated rings. The Morgan fingerprint density at radius 2 is 1.77 bits per heavy atom. The number of ether oxygens (including phenoxy) is 1. The van der Waals surface area contributed by atoms with Gasteiger partial charge in [-0.2, -0.15) is 13.2 Å². The lowest BCUT2D eigenvalue weighted by Crippen LogP contribution is -2.48. The summed E-state index contributed by atoms with van der Waals surface area (Å²) in [5.41, 5.74) is 2.33. The van der Waals surface area contributed by atoms with Crippen LogP contribution in [0.4, 0.5) is 18.9 Å². The number of benzodiazepines with no additional fused rings is 1. The van der Waals surface area contributed by atoms with Gasteiger partial charge in [0.05, 0.1) is 17.5 Å². The highest BCUT2D eigenvalue weighted by Crippen LogP contribution is 2.34. The first kappa shape index (κ1) is 30.6. The smallest absolute Gasteiger partial charge is 0.389 e. The Balaban J connectivity index is 1.43. The van der Waals surface area contributed by atoms with Crippen LogP contribution in [0.15, 0.2) is 53.5 Å². The second kappa shape index (κ2) is 13.2. The van der Waals surface area contributed by atoms with Gasteiger partial charge in [-0.05, 0) is 57.1 Å². The van der Waals surface area contributed by atoms with Gasteiger partial charge in [0.2, 0.25) is 18.0 Å². The number of halogens is 3. The standard InChI is InChI=1S/C32H37F3N4O4/c1-38-26-20-24(43-23-11-8-12-23)13-14-25(26)28(21-9-4-2-5-10-21)36-29(31(38)42)37-30(41)22(15-16-32(33,34)35)19-27(40)39-17-6-3-7-18-39/h2,4-5,9-10,13-14,20,22-23,29H,3,6-8,11-12,15-19H2,1H3,(H,37,41)/t22-,29+/m1/s1. The highest BCUT2D eigenvalue weighted by molar-refractivity contribution is 6.20. The molecule has 230 valence electrons. The minimum Gasteiger partial charge on any atom is -0.490 e. The van der Waals surface area contributed by atoms with Crippen molar-refractivity contribution < 1.29 is 32.3 Å². The molecule has 2 heterocycles. The van der Waals surface area contributed by atoms with Crippen molar-refractivity contribution in [1.29, 1.82) is 0 Å². The highest BCUT2D eigenvalue weighted by atomic mass is 19.4. The van der Waals surface area contributed by atoms with Gasteiger partial charge in [0, 0.05) is 56.1 Å². The maximum Gasteiger partial charge on any atom is 0.389 e. The second-order valence-electron chi connectivity index (χ2n) is 11.5. The normalized spacial score (nSPS) is 20.0. The van der Waals surface area contributed by atoms with Crippen LogP contribution < -0.4 is 15.0 Å². The Labute approximate surface area is 249 Å². The first-order chi connectivity index (χ1) is 20.6. The number of fused-ring (bicyclic) bond motifs is 1. The summed E-state index contributed by atoms with van der Waals surface area (Å²) < 4.78 is 45.7. The molecule has 0 aromatic heterocycles. The SMILES string of the molecule is CN1C(=O)[C@H](NC(=O)[C@H](CCC(F)(F)F)CC(=O)N2CCCCC2)N=C(c2ccccc2)c2ccc(OC3CCC3)cc21. The summed E-state index contributed by atoms with van der Waals surface area (Å²) in [6, 6.07) is 14.6. The zero-order valence-corrected chi connectivity index (χ0v) is 24.2. The van der Waals surface area contributed by atoms with Crippen molar-refractivity contribution in [3.63, 3.8) is 0 Å². The number of rotatable bonds is 9. The van der Waals surface area contributed by atoms with Crippen molar-refractivity contribution >= 4 is 29.1 Å². The van der Waals surface area contributed by atoms with E-state index in [1.54, 1.807) is 18.0 Å². The zero-order chi connectivity index (χ0) is 30.6. The van der Waals surface area contributed by atoms with Gasteiger partial charge in [-0.3, -0.25) is 14.4 Å². The van der Waals surface area contributed by atoms with E-state index in [1.807, 2.05) is 42.5 Å². The van der Waals surface area contributed by atoms with E-state index in [-0.39, 0.29) is 18.4 Å². The molecule has 2 aromatic rings. The van der Waals surface area contributed by atoms with Crippen LogP contribution >= 0.6 is 0 Å². The summed E-state index contributed by atoms with van der Waals surface area (Å²) in [6.45, 7) is 1.04. The molecule has 2 aliphatic heterocycles. The quantitative estimate of drug-likeness (QED) is 0.428. The van der Waals surface area contributed by atoms with Gasteiger partial charge in [-0.1, -0.05) is 30.3 Å². The molecule has 1 saturated carbocycles. The maximum absolute atomic E-state index is 13.7. The predicted octanol–water partition coefficient (Wildman–Crippen LogP) is 5.24. The fourth-order valence-corrected chi connectivity index (χ4v) is 5.62. The number of hydrogen-bond acceptors (Lipinski definition) is 5. The lowest BCUT2D eigenvalue weighted by Gasteiger charge is -2.29. The minimum atomic E-state index is -4.50. The third kappa shape index (κ3) is 7.55. The molecule has 2 atom stereocenters. The Bertz CT molecular complexity index is 1350. The van der Waals surface area contributed by atoms with E-state index < -0.39 is 42.9 Å². The largest absolute Gasteiger partial charge is 0.490 e. The lowest BCUT2D eigenvalue weighted by molar-refractivity contribution is -0.146. The third-order valence-corrected chi connectivity index (χ3v) is 8.37. The van der Waals surface area contributed by atoms with Gasteiger partial charge < -0.3 is 19.9 Å². The minimum absolute atomic E-state index is 0.125. The number of amides is 3. The Kier molecular flexibility index (Phi) is 9.37. The number of aliphatic imine (C=N–C) groups is 1. The Hall–Kier alpha value is -3.89. The maximum atomic E-state index is 13.7. The molecule has 0 unspecified atom stereocenters. The number of piperidine rings is 1. The molecule has 1 saturated heterocycles. The first-order valence-electron chi connectivity index (χ1n) is 15.0. The molecule has 3 amide bonds. The molecule has 2 aromatic carbocycles. The van der Waals surface area contributed by atoms with E-state index in [1.165, 1.54) is 4.90 Å². The van der Waals surface area contributed by atoms with Crippen molar-refractivity contribution in [1.82, 2.24) is 10.2 Å². The van der Waals surface area contributed by atoms with Crippen LogP contribution in [0, 0.1) is 5.92 Å². The molecule has 1 aliphatic carbocycles. The Morgan fingerprint density at radius 3 is 2.42 bits per heavy atom. The molecule has 43 heavy (non-hydrogen) atoms. The molecule has 0 radical (unpaired) electrons. The number of nitrogens with one attached hydrogen (secondary N) is 1. The van der Waals surface area contributed by atoms with Crippen molar-refractivity contribution in [2.45, 2.75) is 76.2 Å². The fraction of sp³-hybridized carbons (Fsp3) is 0.500. The number of nitrogens with zero attached hydrogens (tertiary/aromatic N) is 3. The second-order valence-corrected chi connectivity index (χ2v) is 11.5. The van der Waals surface area contributed by atoms with Crippen LogP contribution in [-0.2, 0) is 14.4 Å². The van der Waals surface area contributed by atoms with E-state index >= 15 is 0 Å². The average molecular weight is 599 g/mol. The first-order valence-corrected chi connectivity index (χ1v) is 15.0. The van der Waals surface area contributed by atoms with Crippen molar-refractivity contribution in [3.05, 3.63) is 59.7 Å². The summed E-state index contributed by atoms with van der Waals surface area (Å²) in [5, 5.41) is 2.60. The molecule has 0 spiro atoms. The predicted molar refractivity (Wildman–Crippen MR) is 156 cm³/mol. The number of carbonyl (C=O) groups is 3. The van der Waals surface area contributed by atoms with Crippen LogP contribution in [0.5, 0.6) is 5.75 Å². The van der Waals surface area contributed by atoms with Crippen molar-refractivity contribution in [2.75, 3.05) is 25.0 Å². The molecule has 0 bridgehead atoms. The molecule has 1 N–H and O–H groups in total. The zero-order valence-electron chi connectivity index (χ0n) is 24.2. The molecule has 3 aliphatic rings. The van der Waals surface area contributed by atoms with Crippen LogP contribution in [-0.4, -0.2) is 66.9 Å². The van der Waals surface area contributed by atoms with Crippen LogP contribution in [0.25, 0.3) is 0 Å². The summed E-state index contributed by atoms with van der Waals surface area (Å²) in [4.78, 5) is 47.9. The lowest BCUT2D eigenvalue weighted by atomic mass is 9.96. The van der Waals surface area contributed by atoms with Crippen molar-refractivity contribution in [3.8, 4) is 5.75 Å². The van der Waals surface area contributed by atoms with Crippen LogP contribution in [0.3, 0.4) is 0 Å². The van der Waals surface area contributed by atoms with E-state index in [4.69, 9.17) is 4.74 Å². The molecular weight excluding hydrogens is 561 g/mol. The van der Waals surface area contributed by atoms with Crippen LogP contribution in [0.1, 0.15) is 68.9 Å². The number of likely N-dealkylation sites (tertiary alicyclic amines) is 1. The van der Waals surface area contributed by atoms with Gasteiger partial charge in [-0.15, -0.1) is 0 Å². The topological polar surface area (TPSA) is 91.3 Å². The number of hydrogen-bond donors (Lipinski definition) is 1. The van der Waals surface area contributed by atoms with Gasteiger partial charge in [0.25, 0.3) is 5.91 Å². The fourth-order valence-electron chi connectivity index (χ4n) is 5.62. The summed E-state index contributed by atoms with van der Waals surface area (Å²) in [6.07, 6.45) is -2.27.